The van der Waals surface area contributed by atoms with E-state index in [-0.39, 0.29) is 5.91 Å². The largest absolute Gasteiger partial charge is 0.301 e. The molecule has 1 heterocycles. The van der Waals surface area contributed by atoms with Crippen molar-refractivity contribution < 1.29 is 4.79 Å². The number of carbonyl (C=O) groups is 1. The zero-order valence-electron chi connectivity index (χ0n) is 10.3. The van der Waals surface area contributed by atoms with Gasteiger partial charge in [0.15, 0.2) is 5.13 Å². The topological polar surface area (TPSA) is 65.8 Å². The molecule has 3 rings (SSSR count). The van der Waals surface area contributed by atoms with Gasteiger partial charge in [-0.05, 0) is 25.0 Å². The van der Waals surface area contributed by atoms with Gasteiger partial charge in [0, 0.05) is 0 Å². The Kier molecular flexibility index (Phi) is 2.96. The Hall–Kier alpha value is -1.93. The lowest BCUT2D eigenvalue weighted by atomic mass is 9.87. The number of nitrogens with zero attached hydrogens (tertiary/aromatic N) is 2. The Morgan fingerprint density at radius 1 is 1.37 bits per heavy atom. The van der Waals surface area contributed by atoms with E-state index in [1.807, 2.05) is 24.3 Å². The van der Waals surface area contributed by atoms with Gasteiger partial charge in [-0.1, -0.05) is 36.3 Å². The number of thiazole rings is 1. The average molecular weight is 271 g/mol. The van der Waals surface area contributed by atoms with Gasteiger partial charge < -0.3 is 5.32 Å². The molecular formula is C14H13N3OS. The highest BCUT2D eigenvalue weighted by Crippen LogP contribution is 2.39. The number of hydrogen-bond acceptors (Lipinski definition) is 4. The number of benzene rings is 1. The third-order valence-electron chi connectivity index (χ3n) is 3.62. The molecule has 0 radical (unpaired) electrons. The second-order valence-electron chi connectivity index (χ2n) is 4.84. The van der Waals surface area contributed by atoms with Crippen molar-refractivity contribution in [2.24, 2.45) is 5.41 Å². The second kappa shape index (κ2) is 4.63. The SMILES string of the molecule is N#CC1(C(=O)Nc2nc3ccccc3s2)CCCC1. The summed E-state index contributed by atoms with van der Waals surface area (Å²) in [6.07, 6.45) is 3.20. The first-order valence-electron chi connectivity index (χ1n) is 6.32. The summed E-state index contributed by atoms with van der Waals surface area (Å²) >= 11 is 1.44. The maximum atomic E-state index is 12.3. The number of hydrogen-bond donors (Lipinski definition) is 1. The molecule has 1 amide bonds. The van der Waals surface area contributed by atoms with Crippen LogP contribution in [0, 0.1) is 16.7 Å². The highest BCUT2D eigenvalue weighted by atomic mass is 32.1. The van der Waals surface area contributed by atoms with Crippen molar-refractivity contribution in [1.29, 1.82) is 5.26 Å². The molecule has 5 heteroatoms. The van der Waals surface area contributed by atoms with Crippen LogP contribution in [0.2, 0.25) is 0 Å². The van der Waals surface area contributed by atoms with Gasteiger partial charge in [0.25, 0.3) is 0 Å². The fraction of sp³-hybridized carbons (Fsp3) is 0.357. The quantitative estimate of drug-likeness (QED) is 0.911. The fourth-order valence-electron chi connectivity index (χ4n) is 2.51. The number of nitrogens with one attached hydrogen (secondary N) is 1. The van der Waals surface area contributed by atoms with Crippen LogP contribution < -0.4 is 5.32 Å². The fourth-order valence-corrected chi connectivity index (χ4v) is 3.37. The molecule has 1 saturated carbocycles. The molecule has 1 fully saturated rings. The summed E-state index contributed by atoms with van der Waals surface area (Å²) in [4.78, 5) is 16.6. The predicted octanol–water partition coefficient (Wildman–Crippen LogP) is 3.32. The van der Waals surface area contributed by atoms with Crippen LogP contribution in [0.4, 0.5) is 5.13 Å². The van der Waals surface area contributed by atoms with E-state index in [0.29, 0.717) is 18.0 Å². The van der Waals surface area contributed by atoms with Crippen molar-refractivity contribution in [3.05, 3.63) is 24.3 Å². The smallest absolute Gasteiger partial charge is 0.246 e. The molecule has 1 aromatic heterocycles. The molecule has 0 bridgehead atoms. The van der Waals surface area contributed by atoms with Crippen molar-refractivity contribution >= 4 is 32.6 Å². The molecular weight excluding hydrogens is 258 g/mol. The van der Waals surface area contributed by atoms with Crippen molar-refractivity contribution in [3.8, 4) is 6.07 Å². The lowest BCUT2D eigenvalue weighted by Gasteiger charge is -2.17. The number of nitriles is 1. The molecule has 0 unspecified atom stereocenters. The van der Waals surface area contributed by atoms with E-state index >= 15 is 0 Å². The van der Waals surface area contributed by atoms with E-state index in [2.05, 4.69) is 16.4 Å². The number of para-hydroxylation sites is 1. The monoisotopic (exact) mass is 271 g/mol. The van der Waals surface area contributed by atoms with Crippen LogP contribution in [0.5, 0.6) is 0 Å². The van der Waals surface area contributed by atoms with Gasteiger partial charge in [0.1, 0.15) is 5.41 Å². The van der Waals surface area contributed by atoms with Gasteiger partial charge in [0.05, 0.1) is 16.3 Å². The first-order valence-corrected chi connectivity index (χ1v) is 7.13. The van der Waals surface area contributed by atoms with Crippen LogP contribution in [0.15, 0.2) is 24.3 Å². The third-order valence-corrected chi connectivity index (χ3v) is 4.57. The maximum Gasteiger partial charge on any atom is 0.246 e. The van der Waals surface area contributed by atoms with Crippen LogP contribution in [0.1, 0.15) is 25.7 Å². The van der Waals surface area contributed by atoms with Crippen LogP contribution in [0.3, 0.4) is 0 Å². The molecule has 1 aliphatic rings. The van der Waals surface area contributed by atoms with Crippen LogP contribution in [-0.2, 0) is 4.79 Å². The lowest BCUT2D eigenvalue weighted by molar-refractivity contribution is -0.122. The summed E-state index contributed by atoms with van der Waals surface area (Å²) in [5.74, 6) is -0.202. The number of fused-ring (bicyclic) bond motifs is 1. The number of carbonyl (C=O) groups excluding carboxylic acids is 1. The Balaban J connectivity index is 1.85. The zero-order valence-corrected chi connectivity index (χ0v) is 11.2. The summed E-state index contributed by atoms with van der Waals surface area (Å²) < 4.78 is 1.04. The third kappa shape index (κ3) is 2.08. The molecule has 1 aliphatic carbocycles. The van der Waals surface area contributed by atoms with Gasteiger partial charge in [-0.25, -0.2) is 4.98 Å². The summed E-state index contributed by atoms with van der Waals surface area (Å²) in [6.45, 7) is 0. The summed E-state index contributed by atoms with van der Waals surface area (Å²) in [5, 5.41) is 12.7. The number of aromatic nitrogens is 1. The van der Waals surface area contributed by atoms with E-state index < -0.39 is 5.41 Å². The summed E-state index contributed by atoms with van der Waals surface area (Å²) in [7, 11) is 0. The molecule has 0 atom stereocenters. The van der Waals surface area contributed by atoms with Gasteiger partial charge in [-0.3, -0.25) is 4.79 Å². The Bertz CT molecular complexity index is 632. The number of rotatable bonds is 2. The zero-order chi connectivity index (χ0) is 13.3. The van der Waals surface area contributed by atoms with Gasteiger partial charge in [0.2, 0.25) is 5.91 Å². The highest BCUT2D eigenvalue weighted by Gasteiger charge is 2.41. The van der Waals surface area contributed by atoms with Crippen molar-refractivity contribution in [2.75, 3.05) is 5.32 Å². The minimum absolute atomic E-state index is 0.202. The summed E-state index contributed by atoms with van der Waals surface area (Å²) in [5.41, 5.74) is 0.0259. The Morgan fingerprint density at radius 3 is 2.79 bits per heavy atom. The first-order chi connectivity index (χ1) is 9.23. The van der Waals surface area contributed by atoms with Gasteiger partial charge >= 0.3 is 0 Å². The van der Waals surface area contributed by atoms with E-state index in [1.54, 1.807) is 0 Å². The highest BCUT2D eigenvalue weighted by molar-refractivity contribution is 7.22. The minimum atomic E-state index is -0.849. The Labute approximate surface area is 115 Å². The van der Waals surface area contributed by atoms with Crippen molar-refractivity contribution in [3.63, 3.8) is 0 Å². The molecule has 0 spiro atoms. The average Bonchev–Trinajstić information content (AvgIpc) is 3.05. The first kappa shape index (κ1) is 12.1. The molecule has 1 N–H and O–H groups in total. The molecule has 0 aliphatic heterocycles. The molecule has 4 nitrogen and oxygen atoms in total. The predicted molar refractivity (Wildman–Crippen MR) is 74.8 cm³/mol. The van der Waals surface area contributed by atoms with Crippen molar-refractivity contribution in [2.45, 2.75) is 25.7 Å². The lowest BCUT2D eigenvalue weighted by Crippen LogP contribution is -2.32. The van der Waals surface area contributed by atoms with E-state index in [0.717, 1.165) is 23.1 Å². The van der Waals surface area contributed by atoms with Gasteiger partial charge in [-0.15, -0.1) is 0 Å². The maximum absolute atomic E-state index is 12.3. The second-order valence-corrected chi connectivity index (χ2v) is 5.87. The Morgan fingerprint density at radius 2 is 2.11 bits per heavy atom. The molecule has 2 aromatic rings. The van der Waals surface area contributed by atoms with E-state index in [1.165, 1.54) is 11.3 Å². The minimum Gasteiger partial charge on any atom is -0.301 e. The standard InChI is InChI=1S/C14H13N3OS/c15-9-14(7-3-4-8-14)12(18)17-13-16-10-5-1-2-6-11(10)19-13/h1-2,5-6H,3-4,7-8H2,(H,16,17,18). The normalized spacial score (nSPS) is 17.2. The van der Waals surface area contributed by atoms with Crippen LogP contribution in [-0.4, -0.2) is 10.9 Å². The summed E-state index contributed by atoms with van der Waals surface area (Å²) in [6, 6.07) is 9.94. The van der Waals surface area contributed by atoms with Gasteiger partial charge in [-0.2, -0.15) is 5.26 Å². The van der Waals surface area contributed by atoms with Crippen LogP contribution in [0.25, 0.3) is 10.2 Å². The number of anilines is 1. The van der Waals surface area contributed by atoms with E-state index in [9.17, 15) is 10.1 Å². The van der Waals surface area contributed by atoms with E-state index in [4.69, 9.17) is 0 Å². The van der Waals surface area contributed by atoms with Crippen LogP contribution >= 0.6 is 11.3 Å². The number of amides is 1. The van der Waals surface area contributed by atoms with Crippen molar-refractivity contribution in [1.82, 2.24) is 4.98 Å². The molecule has 1 aromatic carbocycles. The molecule has 19 heavy (non-hydrogen) atoms. The molecule has 96 valence electrons. The molecule has 0 saturated heterocycles.